The van der Waals surface area contributed by atoms with Crippen LogP contribution >= 0.6 is 24.8 Å². The Morgan fingerprint density at radius 1 is 1.35 bits per heavy atom. The molecular weight excluding hydrogens is 257 g/mol. The van der Waals surface area contributed by atoms with E-state index in [4.69, 9.17) is 5.73 Å². The molecule has 106 valence electrons. The summed E-state index contributed by atoms with van der Waals surface area (Å²) in [5.41, 5.74) is 6.00. The molecule has 0 saturated carbocycles. The Labute approximate surface area is 119 Å². The van der Waals surface area contributed by atoms with Crippen LogP contribution in [0.3, 0.4) is 0 Å². The largest absolute Gasteiger partial charge is 0.330 e. The molecule has 0 aliphatic carbocycles. The summed E-state index contributed by atoms with van der Waals surface area (Å²) in [5.74, 6) is 0.831. The van der Waals surface area contributed by atoms with Crippen LogP contribution in [0.4, 0.5) is 0 Å². The molecule has 0 amide bonds. The molecule has 1 aliphatic heterocycles. The lowest BCUT2D eigenvalue weighted by Crippen LogP contribution is -2.42. The lowest BCUT2D eigenvalue weighted by atomic mass is 9.92. The second-order valence-corrected chi connectivity index (χ2v) is 5.78. The maximum atomic E-state index is 5.75. The molecule has 0 aromatic carbocycles. The van der Waals surface area contributed by atoms with Crippen LogP contribution in [0.25, 0.3) is 0 Å². The van der Waals surface area contributed by atoms with Crippen molar-refractivity contribution in [2.24, 2.45) is 17.1 Å². The number of hydrogen-bond donors (Lipinski definition) is 2. The predicted molar refractivity (Wildman–Crippen MR) is 80.4 cm³/mol. The van der Waals surface area contributed by atoms with E-state index in [1.165, 1.54) is 32.5 Å². The Morgan fingerprint density at radius 2 is 2.00 bits per heavy atom. The zero-order valence-corrected chi connectivity index (χ0v) is 13.0. The zero-order valence-electron chi connectivity index (χ0n) is 11.4. The van der Waals surface area contributed by atoms with E-state index in [1.807, 2.05) is 0 Å². The maximum Gasteiger partial charge on any atom is 0.00418 e. The van der Waals surface area contributed by atoms with Gasteiger partial charge in [-0.2, -0.15) is 0 Å². The van der Waals surface area contributed by atoms with Crippen LogP contribution in [0.2, 0.25) is 0 Å². The van der Waals surface area contributed by atoms with Gasteiger partial charge in [-0.1, -0.05) is 13.8 Å². The van der Waals surface area contributed by atoms with E-state index in [9.17, 15) is 0 Å². The molecule has 1 aliphatic rings. The normalized spacial score (nSPS) is 20.6. The van der Waals surface area contributed by atoms with Crippen molar-refractivity contribution in [3.05, 3.63) is 0 Å². The number of halogens is 2. The number of piperidine rings is 1. The van der Waals surface area contributed by atoms with E-state index in [1.54, 1.807) is 0 Å². The molecule has 3 nitrogen and oxygen atoms in total. The third-order valence-electron chi connectivity index (χ3n) is 3.22. The monoisotopic (exact) mass is 285 g/mol. The van der Waals surface area contributed by atoms with Gasteiger partial charge in [0.1, 0.15) is 0 Å². The van der Waals surface area contributed by atoms with Gasteiger partial charge in [0.05, 0.1) is 0 Å². The fraction of sp³-hybridized carbons (Fsp3) is 1.00. The van der Waals surface area contributed by atoms with Gasteiger partial charge < -0.3 is 16.0 Å². The number of nitrogens with two attached hydrogens (primary N) is 1. The molecular formula is C12H29Cl2N3. The first kappa shape index (κ1) is 19.8. The highest BCUT2D eigenvalue weighted by Crippen LogP contribution is 2.16. The zero-order chi connectivity index (χ0) is 11.3. The summed E-state index contributed by atoms with van der Waals surface area (Å²) in [6.45, 7) is 9.93. The standard InChI is InChI=1S/C12H27N3.2ClH/c1-12(2,9-13)10-15(3)8-11-5-4-6-14-7-11;;/h11,14H,4-10,13H2,1-3H3;2*1H. The fourth-order valence-corrected chi connectivity index (χ4v) is 2.38. The van der Waals surface area contributed by atoms with Crippen molar-refractivity contribution in [1.29, 1.82) is 0 Å². The molecule has 1 fully saturated rings. The van der Waals surface area contributed by atoms with E-state index in [-0.39, 0.29) is 30.2 Å². The highest BCUT2D eigenvalue weighted by Gasteiger charge is 2.21. The summed E-state index contributed by atoms with van der Waals surface area (Å²) in [6.07, 6.45) is 2.71. The summed E-state index contributed by atoms with van der Waals surface area (Å²) in [4.78, 5) is 2.44. The van der Waals surface area contributed by atoms with Crippen LogP contribution < -0.4 is 11.1 Å². The number of nitrogens with one attached hydrogen (secondary N) is 1. The molecule has 0 bridgehead atoms. The molecule has 17 heavy (non-hydrogen) atoms. The Morgan fingerprint density at radius 3 is 2.47 bits per heavy atom. The summed E-state index contributed by atoms with van der Waals surface area (Å²) in [7, 11) is 2.21. The van der Waals surface area contributed by atoms with Crippen molar-refractivity contribution < 1.29 is 0 Å². The van der Waals surface area contributed by atoms with Gasteiger partial charge >= 0.3 is 0 Å². The first-order chi connectivity index (χ1) is 7.03. The number of hydrogen-bond acceptors (Lipinski definition) is 3. The third-order valence-corrected chi connectivity index (χ3v) is 3.22. The van der Waals surface area contributed by atoms with Gasteiger partial charge in [0, 0.05) is 13.1 Å². The maximum absolute atomic E-state index is 5.75. The Hall–Kier alpha value is 0.460. The summed E-state index contributed by atoms with van der Waals surface area (Å²) >= 11 is 0. The third kappa shape index (κ3) is 8.22. The quantitative estimate of drug-likeness (QED) is 0.809. The van der Waals surface area contributed by atoms with Crippen molar-refractivity contribution in [2.45, 2.75) is 26.7 Å². The van der Waals surface area contributed by atoms with Crippen LogP contribution in [-0.2, 0) is 0 Å². The molecule has 0 aromatic heterocycles. The molecule has 5 heteroatoms. The van der Waals surface area contributed by atoms with Gasteiger partial charge in [-0.25, -0.2) is 0 Å². The number of rotatable bonds is 5. The Kier molecular flexibility index (Phi) is 10.9. The lowest BCUT2D eigenvalue weighted by Gasteiger charge is -2.32. The molecule has 1 heterocycles. The van der Waals surface area contributed by atoms with Gasteiger partial charge in [0.2, 0.25) is 0 Å². The van der Waals surface area contributed by atoms with Crippen LogP contribution in [0.1, 0.15) is 26.7 Å². The highest BCUT2D eigenvalue weighted by atomic mass is 35.5. The van der Waals surface area contributed by atoms with Crippen LogP contribution in [0.15, 0.2) is 0 Å². The Balaban J connectivity index is 0. The van der Waals surface area contributed by atoms with Gasteiger partial charge in [0.15, 0.2) is 0 Å². The van der Waals surface area contributed by atoms with Gasteiger partial charge in [-0.15, -0.1) is 24.8 Å². The van der Waals surface area contributed by atoms with E-state index in [0.29, 0.717) is 0 Å². The molecule has 1 saturated heterocycles. The molecule has 1 atom stereocenters. The average molecular weight is 286 g/mol. The van der Waals surface area contributed by atoms with Crippen LogP contribution in [-0.4, -0.2) is 44.7 Å². The average Bonchev–Trinajstić information content (AvgIpc) is 2.18. The van der Waals surface area contributed by atoms with E-state index >= 15 is 0 Å². The minimum absolute atomic E-state index is 0. The van der Waals surface area contributed by atoms with Crippen molar-refractivity contribution in [3.63, 3.8) is 0 Å². The summed E-state index contributed by atoms with van der Waals surface area (Å²) < 4.78 is 0. The predicted octanol–water partition coefficient (Wildman–Crippen LogP) is 1.75. The van der Waals surface area contributed by atoms with Crippen molar-refractivity contribution in [3.8, 4) is 0 Å². The van der Waals surface area contributed by atoms with Crippen molar-refractivity contribution in [2.75, 3.05) is 39.8 Å². The second-order valence-electron chi connectivity index (χ2n) is 5.78. The van der Waals surface area contributed by atoms with Crippen LogP contribution in [0.5, 0.6) is 0 Å². The smallest absolute Gasteiger partial charge is 0.00418 e. The van der Waals surface area contributed by atoms with Crippen LogP contribution in [0, 0.1) is 11.3 Å². The topological polar surface area (TPSA) is 41.3 Å². The lowest BCUT2D eigenvalue weighted by molar-refractivity contribution is 0.178. The SMILES string of the molecule is CN(CC1CCCNC1)CC(C)(C)CN.Cl.Cl. The van der Waals surface area contributed by atoms with E-state index in [2.05, 4.69) is 31.1 Å². The Bertz CT molecular complexity index is 183. The van der Waals surface area contributed by atoms with Gasteiger partial charge in [-0.05, 0) is 50.9 Å². The number of nitrogens with zero attached hydrogens (tertiary/aromatic N) is 1. The molecule has 0 aromatic rings. The summed E-state index contributed by atoms with van der Waals surface area (Å²) in [6, 6.07) is 0. The first-order valence-electron chi connectivity index (χ1n) is 6.13. The fourth-order valence-electron chi connectivity index (χ4n) is 2.38. The summed E-state index contributed by atoms with van der Waals surface area (Å²) in [5, 5.41) is 3.47. The first-order valence-corrected chi connectivity index (χ1v) is 6.13. The van der Waals surface area contributed by atoms with Gasteiger partial charge in [0.25, 0.3) is 0 Å². The van der Waals surface area contributed by atoms with Gasteiger partial charge in [-0.3, -0.25) is 0 Å². The molecule has 1 unspecified atom stereocenters. The second kappa shape index (κ2) is 9.40. The molecule has 0 spiro atoms. The molecule has 0 radical (unpaired) electrons. The minimum Gasteiger partial charge on any atom is -0.330 e. The minimum atomic E-state index is 0. The van der Waals surface area contributed by atoms with E-state index < -0.39 is 0 Å². The van der Waals surface area contributed by atoms with E-state index in [0.717, 1.165) is 19.0 Å². The molecule has 1 rings (SSSR count). The van der Waals surface area contributed by atoms with Crippen molar-refractivity contribution in [1.82, 2.24) is 10.2 Å². The molecule has 3 N–H and O–H groups in total. The van der Waals surface area contributed by atoms with Crippen molar-refractivity contribution >= 4 is 24.8 Å². The highest BCUT2D eigenvalue weighted by molar-refractivity contribution is 5.85.